The first kappa shape index (κ1) is 15.2. The van der Waals surface area contributed by atoms with Gasteiger partial charge in [-0.05, 0) is 31.6 Å². The van der Waals surface area contributed by atoms with Gasteiger partial charge in [0.1, 0.15) is 6.54 Å². The van der Waals surface area contributed by atoms with Crippen molar-refractivity contribution < 1.29 is 23.1 Å². The molecule has 1 unspecified atom stereocenters. The van der Waals surface area contributed by atoms with E-state index in [0.717, 1.165) is 12.8 Å². The topological polar surface area (TPSA) is 61.4 Å². The van der Waals surface area contributed by atoms with Crippen molar-refractivity contribution in [1.29, 1.82) is 0 Å². The van der Waals surface area contributed by atoms with Gasteiger partial charge >= 0.3 is 6.18 Å². The monoisotopic (exact) mass is 268 g/mol. The highest BCUT2D eigenvalue weighted by atomic mass is 19.4. The van der Waals surface area contributed by atoms with E-state index in [4.69, 9.17) is 5.11 Å². The van der Waals surface area contributed by atoms with E-state index in [0.29, 0.717) is 13.0 Å². The van der Waals surface area contributed by atoms with Gasteiger partial charge in [-0.25, -0.2) is 0 Å². The Balaban J connectivity index is 2.24. The van der Waals surface area contributed by atoms with Crippen LogP contribution in [0.4, 0.5) is 13.2 Å². The van der Waals surface area contributed by atoms with E-state index in [-0.39, 0.29) is 12.0 Å². The first-order valence-electron chi connectivity index (χ1n) is 5.97. The molecule has 0 spiro atoms. The summed E-state index contributed by atoms with van der Waals surface area (Å²) in [6.07, 6.45) is -1.75. The summed E-state index contributed by atoms with van der Waals surface area (Å²) < 4.78 is 35.7. The third-order valence-corrected chi connectivity index (χ3v) is 3.24. The highest BCUT2D eigenvalue weighted by Gasteiger charge is 2.41. The number of aliphatic hydroxyl groups is 1. The summed E-state index contributed by atoms with van der Waals surface area (Å²) in [5.41, 5.74) is 0.0350. The lowest BCUT2D eigenvalue weighted by Crippen LogP contribution is -2.46. The van der Waals surface area contributed by atoms with Crippen LogP contribution in [-0.4, -0.2) is 42.9 Å². The van der Waals surface area contributed by atoms with E-state index in [1.54, 1.807) is 0 Å². The fourth-order valence-electron chi connectivity index (χ4n) is 1.73. The van der Waals surface area contributed by atoms with Crippen molar-refractivity contribution in [3.63, 3.8) is 0 Å². The lowest BCUT2D eigenvalue weighted by Gasteiger charge is -2.19. The second-order valence-corrected chi connectivity index (χ2v) is 4.91. The molecule has 0 radical (unpaired) electrons. The van der Waals surface area contributed by atoms with Gasteiger partial charge < -0.3 is 15.7 Å². The molecule has 1 atom stereocenters. The van der Waals surface area contributed by atoms with Gasteiger partial charge in [0.05, 0.1) is 6.04 Å². The number of amides is 1. The van der Waals surface area contributed by atoms with Crippen LogP contribution in [0.15, 0.2) is 0 Å². The van der Waals surface area contributed by atoms with E-state index in [2.05, 4.69) is 5.32 Å². The van der Waals surface area contributed by atoms with Crippen molar-refractivity contribution in [2.45, 2.75) is 38.4 Å². The Morgan fingerprint density at radius 3 is 2.50 bits per heavy atom. The minimum absolute atomic E-state index is 0.0350. The molecule has 0 aromatic carbocycles. The lowest BCUT2D eigenvalue weighted by molar-refractivity contribution is -0.139. The standard InChI is InChI=1S/C11H19F3N2O2/c1-8(9(18)16-7-11(12,13)14)15-6-10(2-3-10)4-5-17/h8,15,17H,2-7H2,1H3,(H,16,18). The molecule has 0 heterocycles. The first-order chi connectivity index (χ1) is 8.28. The van der Waals surface area contributed by atoms with E-state index in [9.17, 15) is 18.0 Å². The predicted octanol–water partition coefficient (Wildman–Crippen LogP) is 0.806. The maximum atomic E-state index is 11.9. The summed E-state index contributed by atoms with van der Waals surface area (Å²) in [7, 11) is 0. The van der Waals surface area contributed by atoms with E-state index < -0.39 is 24.7 Å². The number of alkyl halides is 3. The molecule has 0 saturated heterocycles. The highest BCUT2D eigenvalue weighted by Crippen LogP contribution is 2.47. The Bertz CT molecular complexity index is 291. The van der Waals surface area contributed by atoms with Crippen LogP contribution < -0.4 is 10.6 Å². The Hall–Kier alpha value is -0.820. The third kappa shape index (κ3) is 5.22. The number of hydrogen-bond donors (Lipinski definition) is 3. The molecule has 106 valence electrons. The zero-order valence-electron chi connectivity index (χ0n) is 10.3. The van der Waals surface area contributed by atoms with Crippen LogP contribution in [0.5, 0.6) is 0 Å². The van der Waals surface area contributed by atoms with Crippen LogP contribution in [0.25, 0.3) is 0 Å². The maximum absolute atomic E-state index is 11.9. The van der Waals surface area contributed by atoms with Crippen LogP contribution in [0, 0.1) is 5.41 Å². The van der Waals surface area contributed by atoms with Crippen molar-refractivity contribution in [2.24, 2.45) is 5.41 Å². The summed E-state index contributed by atoms with van der Waals surface area (Å²) in [4.78, 5) is 11.4. The molecule has 1 saturated carbocycles. The van der Waals surface area contributed by atoms with E-state index in [1.165, 1.54) is 6.92 Å². The number of carbonyl (C=O) groups is 1. The van der Waals surface area contributed by atoms with Crippen molar-refractivity contribution in [3.05, 3.63) is 0 Å². The minimum atomic E-state index is -4.38. The highest BCUT2D eigenvalue weighted by molar-refractivity contribution is 5.81. The summed E-state index contributed by atoms with van der Waals surface area (Å²) in [5.74, 6) is -0.660. The van der Waals surface area contributed by atoms with Gasteiger partial charge in [-0.1, -0.05) is 0 Å². The average molecular weight is 268 g/mol. The number of carbonyl (C=O) groups excluding carboxylic acids is 1. The largest absolute Gasteiger partial charge is 0.405 e. The molecule has 1 fully saturated rings. The van der Waals surface area contributed by atoms with Crippen LogP contribution in [0.3, 0.4) is 0 Å². The van der Waals surface area contributed by atoms with Crippen LogP contribution >= 0.6 is 0 Å². The normalized spacial score (nSPS) is 19.4. The molecule has 0 aliphatic heterocycles. The Kier molecular flexibility index (Phi) is 4.98. The number of rotatable bonds is 7. The summed E-state index contributed by atoms with van der Waals surface area (Å²) in [5, 5.41) is 13.6. The molecule has 0 aromatic rings. The number of hydrogen-bond acceptors (Lipinski definition) is 3. The first-order valence-corrected chi connectivity index (χ1v) is 5.97. The molecule has 0 aromatic heterocycles. The van der Waals surface area contributed by atoms with Crippen molar-refractivity contribution in [3.8, 4) is 0 Å². The van der Waals surface area contributed by atoms with Crippen molar-refractivity contribution in [1.82, 2.24) is 10.6 Å². The van der Waals surface area contributed by atoms with E-state index in [1.807, 2.05) is 5.32 Å². The smallest absolute Gasteiger partial charge is 0.396 e. The van der Waals surface area contributed by atoms with Gasteiger partial charge in [-0.15, -0.1) is 0 Å². The SMILES string of the molecule is CC(NCC1(CCO)CC1)C(=O)NCC(F)(F)F. The average Bonchev–Trinajstić information content (AvgIpc) is 3.02. The second kappa shape index (κ2) is 5.88. The molecular formula is C11H19F3N2O2. The maximum Gasteiger partial charge on any atom is 0.405 e. The van der Waals surface area contributed by atoms with Crippen LogP contribution in [0.2, 0.25) is 0 Å². The number of nitrogens with one attached hydrogen (secondary N) is 2. The zero-order chi connectivity index (χ0) is 13.8. The van der Waals surface area contributed by atoms with Gasteiger partial charge in [0.25, 0.3) is 0 Å². The molecule has 7 heteroatoms. The van der Waals surface area contributed by atoms with Gasteiger partial charge in [-0.2, -0.15) is 13.2 Å². The predicted molar refractivity (Wildman–Crippen MR) is 59.9 cm³/mol. The molecule has 3 N–H and O–H groups in total. The molecule has 0 bridgehead atoms. The second-order valence-electron chi connectivity index (χ2n) is 4.91. The summed E-state index contributed by atoms with van der Waals surface area (Å²) in [6, 6.07) is -0.663. The molecule has 1 aliphatic rings. The lowest BCUT2D eigenvalue weighted by atomic mass is 10.0. The summed E-state index contributed by atoms with van der Waals surface area (Å²) >= 11 is 0. The molecule has 4 nitrogen and oxygen atoms in total. The van der Waals surface area contributed by atoms with Crippen molar-refractivity contribution in [2.75, 3.05) is 19.7 Å². The van der Waals surface area contributed by atoms with Crippen molar-refractivity contribution >= 4 is 5.91 Å². The summed E-state index contributed by atoms with van der Waals surface area (Å²) in [6.45, 7) is 0.866. The molecule has 1 rings (SSSR count). The van der Waals surface area contributed by atoms with E-state index >= 15 is 0 Å². The van der Waals surface area contributed by atoms with Crippen LogP contribution in [-0.2, 0) is 4.79 Å². The van der Waals surface area contributed by atoms with Gasteiger partial charge in [0.2, 0.25) is 5.91 Å². The molecule has 18 heavy (non-hydrogen) atoms. The minimum Gasteiger partial charge on any atom is -0.396 e. The Labute approximate surface area is 104 Å². The fraction of sp³-hybridized carbons (Fsp3) is 0.909. The van der Waals surface area contributed by atoms with Gasteiger partial charge in [0, 0.05) is 13.2 Å². The fourth-order valence-corrected chi connectivity index (χ4v) is 1.73. The van der Waals surface area contributed by atoms with Crippen LogP contribution in [0.1, 0.15) is 26.2 Å². The Morgan fingerprint density at radius 1 is 1.44 bits per heavy atom. The quantitative estimate of drug-likeness (QED) is 0.640. The molecular weight excluding hydrogens is 249 g/mol. The number of aliphatic hydroxyl groups excluding tert-OH is 1. The third-order valence-electron chi connectivity index (χ3n) is 3.24. The number of halogens is 3. The van der Waals surface area contributed by atoms with Gasteiger partial charge in [-0.3, -0.25) is 4.79 Å². The molecule has 1 aliphatic carbocycles. The zero-order valence-corrected chi connectivity index (χ0v) is 10.3. The Morgan fingerprint density at radius 2 is 2.06 bits per heavy atom. The molecule has 1 amide bonds. The van der Waals surface area contributed by atoms with Gasteiger partial charge in [0.15, 0.2) is 0 Å².